The van der Waals surface area contributed by atoms with Crippen LogP contribution in [0.3, 0.4) is 0 Å². The van der Waals surface area contributed by atoms with E-state index in [0.29, 0.717) is 0 Å². The number of rotatable bonds is 1. The first-order valence-electron chi connectivity index (χ1n) is 4.32. The highest BCUT2D eigenvalue weighted by Crippen LogP contribution is 2.22. The highest BCUT2D eigenvalue weighted by molar-refractivity contribution is 14.1. The van der Waals surface area contributed by atoms with Crippen LogP contribution in [0.2, 0.25) is 0 Å². The fourth-order valence-corrected chi connectivity index (χ4v) is 2.03. The van der Waals surface area contributed by atoms with Crippen molar-refractivity contribution < 1.29 is 0 Å². The number of nitrogens with one attached hydrogen (secondary N) is 1. The third kappa shape index (κ3) is 1.80. The Bertz CT molecular complexity index is 249. The van der Waals surface area contributed by atoms with Crippen LogP contribution in [-0.4, -0.2) is 13.1 Å². The van der Waals surface area contributed by atoms with E-state index in [9.17, 15) is 0 Å². The van der Waals surface area contributed by atoms with Crippen molar-refractivity contribution in [1.29, 1.82) is 0 Å². The monoisotopic (exact) mass is 273 g/mol. The average molecular weight is 273 g/mol. The summed E-state index contributed by atoms with van der Waals surface area (Å²) in [4.78, 5) is 0. The molecular formula is C10H12IN. The smallest absolute Gasteiger partial charge is 0.0130 e. The first kappa shape index (κ1) is 8.51. The van der Waals surface area contributed by atoms with Crippen LogP contribution in [0.4, 0.5) is 0 Å². The molecule has 1 aromatic rings. The van der Waals surface area contributed by atoms with Crippen molar-refractivity contribution in [2.45, 2.75) is 12.3 Å². The SMILES string of the molecule is Ic1ccc([C@@H]2CCNC2)cc1. The first-order chi connectivity index (χ1) is 5.86. The van der Waals surface area contributed by atoms with Crippen molar-refractivity contribution in [3.8, 4) is 0 Å². The van der Waals surface area contributed by atoms with Crippen LogP contribution in [0.1, 0.15) is 17.9 Å². The Morgan fingerprint density at radius 1 is 1.25 bits per heavy atom. The summed E-state index contributed by atoms with van der Waals surface area (Å²) in [6, 6.07) is 8.88. The predicted molar refractivity (Wildman–Crippen MR) is 59.4 cm³/mol. The van der Waals surface area contributed by atoms with Crippen LogP contribution in [0.5, 0.6) is 0 Å². The van der Waals surface area contributed by atoms with Crippen LogP contribution < -0.4 is 5.32 Å². The van der Waals surface area contributed by atoms with E-state index in [-0.39, 0.29) is 0 Å². The zero-order chi connectivity index (χ0) is 8.39. The molecule has 1 nitrogen and oxygen atoms in total. The molecule has 0 amide bonds. The molecule has 64 valence electrons. The van der Waals surface area contributed by atoms with Crippen molar-refractivity contribution in [3.05, 3.63) is 33.4 Å². The molecule has 0 aliphatic carbocycles. The van der Waals surface area contributed by atoms with Gasteiger partial charge in [0.15, 0.2) is 0 Å². The van der Waals surface area contributed by atoms with Crippen LogP contribution in [-0.2, 0) is 0 Å². The zero-order valence-corrected chi connectivity index (χ0v) is 9.04. The summed E-state index contributed by atoms with van der Waals surface area (Å²) in [5.41, 5.74) is 1.49. The summed E-state index contributed by atoms with van der Waals surface area (Å²) in [6.45, 7) is 2.33. The molecule has 0 unspecified atom stereocenters. The maximum atomic E-state index is 3.38. The van der Waals surface area contributed by atoms with Crippen molar-refractivity contribution in [1.82, 2.24) is 5.32 Å². The average Bonchev–Trinajstić information content (AvgIpc) is 2.58. The van der Waals surface area contributed by atoms with E-state index in [1.54, 1.807) is 0 Å². The van der Waals surface area contributed by atoms with Gasteiger partial charge in [-0.05, 0) is 59.2 Å². The Balaban J connectivity index is 2.17. The van der Waals surface area contributed by atoms with E-state index < -0.39 is 0 Å². The summed E-state index contributed by atoms with van der Waals surface area (Å²) in [6.07, 6.45) is 1.29. The Hall–Kier alpha value is -0.0900. The third-order valence-electron chi connectivity index (χ3n) is 2.40. The Kier molecular flexibility index (Phi) is 2.66. The molecule has 1 saturated heterocycles. The van der Waals surface area contributed by atoms with Gasteiger partial charge in [-0.1, -0.05) is 12.1 Å². The van der Waals surface area contributed by atoms with E-state index in [4.69, 9.17) is 0 Å². The molecule has 2 rings (SSSR count). The summed E-state index contributed by atoms with van der Waals surface area (Å²) >= 11 is 2.34. The summed E-state index contributed by atoms with van der Waals surface area (Å²) in [7, 11) is 0. The van der Waals surface area contributed by atoms with Crippen molar-refractivity contribution in [2.24, 2.45) is 0 Å². The van der Waals surface area contributed by atoms with E-state index in [2.05, 4.69) is 52.2 Å². The fraction of sp³-hybridized carbons (Fsp3) is 0.400. The van der Waals surface area contributed by atoms with Gasteiger partial charge >= 0.3 is 0 Å². The molecular weight excluding hydrogens is 261 g/mol. The van der Waals surface area contributed by atoms with Crippen molar-refractivity contribution in [2.75, 3.05) is 13.1 Å². The summed E-state index contributed by atoms with van der Waals surface area (Å²) in [5.74, 6) is 0.752. The molecule has 0 radical (unpaired) electrons. The summed E-state index contributed by atoms with van der Waals surface area (Å²) < 4.78 is 1.32. The highest BCUT2D eigenvalue weighted by Gasteiger charge is 2.15. The predicted octanol–water partition coefficient (Wildman–Crippen LogP) is 2.37. The van der Waals surface area contributed by atoms with E-state index >= 15 is 0 Å². The van der Waals surface area contributed by atoms with Crippen LogP contribution >= 0.6 is 22.6 Å². The van der Waals surface area contributed by atoms with Crippen LogP contribution in [0.15, 0.2) is 24.3 Å². The van der Waals surface area contributed by atoms with Gasteiger partial charge in [0.2, 0.25) is 0 Å². The van der Waals surface area contributed by atoms with Gasteiger partial charge in [-0.2, -0.15) is 0 Å². The lowest BCUT2D eigenvalue weighted by molar-refractivity contribution is 0.763. The minimum absolute atomic E-state index is 0.752. The third-order valence-corrected chi connectivity index (χ3v) is 3.12. The van der Waals surface area contributed by atoms with Gasteiger partial charge < -0.3 is 5.32 Å². The number of halogens is 1. The molecule has 12 heavy (non-hydrogen) atoms. The highest BCUT2D eigenvalue weighted by atomic mass is 127. The molecule has 0 aromatic heterocycles. The van der Waals surface area contributed by atoms with Gasteiger partial charge in [-0.3, -0.25) is 0 Å². The minimum atomic E-state index is 0.752. The number of hydrogen-bond donors (Lipinski definition) is 1. The fourth-order valence-electron chi connectivity index (χ4n) is 1.67. The topological polar surface area (TPSA) is 12.0 Å². The van der Waals surface area contributed by atoms with Gasteiger partial charge in [-0.25, -0.2) is 0 Å². The molecule has 1 heterocycles. The second kappa shape index (κ2) is 3.75. The summed E-state index contributed by atoms with van der Waals surface area (Å²) in [5, 5.41) is 3.38. The van der Waals surface area contributed by atoms with Gasteiger partial charge in [0.05, 0.1) is 0 Å². The Morgan fingerprint density at radius 3 is 2.58 bits per heavy atom. The molecule has 0 saturated carbocycles. The standard InChI is InChI=1S/C10H12IN/c11-10-3-1-8(2-4-10)9-5-6-12-7-9/h1-4,9,12H,5-7H2/t9-/m1/s1. The van der Waals surface area contributed by atoms with Crippen molar-refractivity contribution in [3.63, 3.8) is 0 Å². The second-order valence-corrected chi connectivity index (χ2v) is 4.49. The minimum Gasteiger partial charge on any atom is -0.316 e. The molecule has 0 bridgehead atoms. The largest absolute Gasteiger partial charge is 0.316 e. The number of hydrogen-bond acceptors (Lipinski definition) is 1. The quantitative estimate of drug-likeness (QED) is 0.775. The zero-order valence-electron chi connectivity index (χ0n) is 6.89. The normalized spacial score (nSPS) is 22.9. The van der Waals surface area contributed by atoms with Crippen molar-refractivity contribution >= 4 is 22.6 Å². The molecule has 1 atom stereocenters. The maximum Gasteiger partial charge on any atom is 0.0130 e. The lowest BCUT2D eigenvalue weighted by Gasteiger charge is -2.07. The van der Waals surface area contributed by atoms with Gasteiger partial charge in [0.25, 0.3) is 0 Å². The van der Waals surface area contributed by atoms with Crippen LogP contribution in [0.25, 0.3) is 0 Å². The van der Waals surface area contributed by atoms with Gasteiger partial charge in [0, 0.05) is 10.1 Å². The first-order valence-corrected chi connectivity index (χ1v) is 5.40. The van der Waals surface area contributed by atoms with Gasteiger partial charge in [-0.15, -0.1) is 0 Å². The molecule has 1 aliphatic heterocycles. The molecule has 1 aliphatic rings. The maximum absolute atomic E-state index is 3.38. The lowest BCUT2D eigenvalue weighted by atomic mass is 9.99. The van der Waals surface area contributed by atoms with E-state index in [1.165, 1.54) is 22.1 Å². The van der Waals surface area contributed by atoms with Gasteiger partial charge in [0.1, 0.15) is 0 Å². The molecule has 2 heteroatoms. The molecule has 1 aromatic carbocycles. The number of benzene rings is 1. The Labute approximate surface area is 86.7 Å². The van der Waals surface area contributed by atoms with E-state index in [1.807, 2.05) is 0 Å². The van der Waals surface area contributed by atoms with E-state index in [0.717, 1.165) is 12.5 Å². The molecule has 1 N–H and O–H groups in total. The Morgan fingerprint density at radius 2 is 2.00 bits per heavy atom. The van der Waals surface area contributed by atoms with Crippen LogP contribution in [0, 0.1) is 3.57 Å². The molecule has 1 fully saturated rings. The molecule has 0 spiro atoms. The second-order valence-electron chi connectivity index (χ2n) is 3.24. The lowest BCUT2D eigenvalue weighted by Crippen LogP contribution is -2.07.